The Morgan fingerprint density at radius 1 is 1.36 bits per heavy atom. The summed E-state index contributed by atoms with van der Waals surface area (Å²) >= 11 is 0. The van der Waals surface area contributed by atoms with E-state index in [4.69, 9.17) is 4.42 Å². The highest BCUT2D eigenvalue weighted by Crippen LogP contribution is 2.46. The van der Waals surface area contributed by atoms with Crippen LogP contribution in [-0.4, -0.2) is 47.0 Å². The summed E-state index contributed by atoms with van der Waals surface area (Å²) in [4.78, 5) is 26.3. The van der Waals surface area contributed by atoms with E-state index in [9.17, 15) is 18.7 Å². The monoisotopic (exact) mass is 454 g/mol. The van der Waals surface area contributed by atoms with Crippen molar-refractivity contribution in [1.82, 2.24) is 29.5 Å². The lowest BCUT2D eigenvalue weighted by atomic mass is 9.99. The molecular formula is C22H20F2N6O3. The molecule has 0 radical (unpaired) electrons. The molecule has 5 heterocycles. The molecule has 4 aromatic rings. The Balaban J connectivity index is 1.46. The zero-order chi connectivity index (χ0) is 22.9. The van der Waals surface area contributed by atoms with Crippen molar-refractivity contribution in [1.29, 1.82) is 0 Å². The first-order chi connectivity index (χ1) is 15.9. The minimum absolute atomic E-state index is 0.237. The molecule has 2 aliphatic rings. The number of pyridine rings is 1. The van der Waals surface area contributed by atoms with Crippen LogP contribution in [0.15, 0.2) is 35.0 Å². The lowest BCUT2D eigenvalue weighted by molar-refractivity contribution is 0.0624. The number of halogens is 2. The summed E-state index contributed by atoms with van der Waals surface area (Å²) in [5.41, 5.74) is 1.64. The predicted octanol–water partition coefficient (Wildman–Crippen LogP) is 3.06. The fourth-order valence-corrected chi connectivity index (χ4v) is 4.40. The molecule has 1 atom stereocenters. The zero-order valence-corrected chi connectivity index (χ0v) is 17.6. The summed E-state index contributed by atoms with van der Waals surface area (Å²) in [6, 6.07) is 6.89. The van der Waals surface area contributed by atoms with Crippen LogP contribution < -0.4 is 0 Å². The molecule has 9 nitrogen and oxygen atoms in total. The van der Waals surface area contributed by atoms with Crippen LogP contribution in [0, 0.1) is 6.92 Å². The van der Waals surface area contributed by atoms with Gasteiger partial charge in [0.2, 0.25) is 11.7 Å². The van der Waals surface area contributed by atoms with Gasteiger partial charge in [-0.3, -0.25) is 4.79 Å². The number of hydrogen-bond donors (Lipinski definition) is 2. The molecule has 170 valence electrons. The Kier molecular flexibility index (Phi) is 4.22. The molecule has 1 saturated carbocycles. The van der Waals surface area contributed by atoms with Gasteiger partial charge in [-0.15, -0.1) is 0 Å². The fourth-order valence-electron chi connectivity index (χ4n) is 4.40. The minimum atomic E-state index is -3.02. The van der Waals surface area contributed by atoms with Crippen LogP contribution in [-0.2, 0) is 12.0 Å². The highest BCUT2D eigenvalue weighted by atomic mass is 19.3. The molecule has 1 aliphatic carbocycles. The van der Waals surface area contributed by atoms with Crippen molar-refractivity contribution in [2.45, 2.75) is 44.3 Å². The molecule has 4 aromatic heterocycles. The molecule has 0 bridgehead atoms. The molecule has 0 unspecified atom stereocenters. The van der Waals surface area contributed by atoms with Crippen molar-refractivity contribution in [3.63, 3.8) is 0 Å². The Morgan fingerprint density at radius 2 is 2.18 bits per heavy atom. The number of fused-ring (bicyclic) bond motifs is 2. The van der Waals surface area contributed by atoms with Gasteiger partial charge in [0.1, 0.15) is 11.6 Å². The number of carbonyl (C=O) groups is 1. The molecule has 1 aliphatic heterocycles. The van der Waals surface area contributed by atoms with E-state index in [0.29, 0.717) is 30.7 Å². The van der Waals surface area contributed by atoms with Crippen molar-refractivity contribution < 1.29 is 23.1 Å². The number of aromatic amines is 1. The van der Waals surface area contributed by atoms with Crippen LogP contribution in [0.4, 0.5) is 8.78 Å². The maximum atomic E-state index is 13.8. The number of imidazole rings is 1. The van der Waals surface area contributed by atoms with Crippen molar-refractivity contribution in [3.8, 4) is 0 Å². The maximum Gasteiger partial charge on any atom is 0.292 e. The second kappa shape index (κ2) is 6.95. The standard InChI is InChI=1S/C22H20F2N6O3/c1-11-3-2-4-12-9-14(28-30(11)12)17-15-13(25-10-26-15)5-8-29(17)20(31)18-16(19(23)24)27-21(33-18)22(32)6-7-22/h2-4,9-10,17,19,32H,5-8H2,1H3,(H,25,26)/t17-/m0/s1. The third kappa shape index (κ3) is 3.06. The number of amides is 1. The smallest absolute Gasteiger partial charge is 0.292 e. The van der Waals surface area contributed by atoms with Gasteiger partial charge in [0, 0.05) is 24.4 Å². The van der Waals surface area contributed by atoms with E-state index in [1.54, 1.807) is 10.8 Å². The summed E-state index contributed by atoms with van der Waals surface area (Å²) in [7, 11) is 0. The van der Waals surface area contributed by atoms with Gasteiger partial charge in [-0.05, 0) is 38.0 Å². The molecule has 1 fully saturated rings. The first kappa shape index (κ1) is 20.0. The average Bonchev–Trinajstić information content (AvgIpc) is 3.24. The van der Waals surface area contributed by atoms with Crippen LogP contribution in [0.3, 0.4) is 0 Å². The Hall–Kier alpha value is -3.60. The number of nitrogens with one attached hydrogen (secondary N) is 1. The zero-order valence-electron chi connectivity index (χ0n) is 17.6. The predicted molar refractivity (Wildman–Crippen MR) is 110 cm³/mol. The van der Waals surface area contributed by atoms with Crippen LogP contribution in [0.2, 0.25) is 0 Å². The van der Waals surface area contributed by atoms with Gasteiger partial charge in [-0.2, -0.15) is 5.10 Å². The molecule has 2 N–H and O–H groups in total. The normalized spacial score (nSPS) is 19.3. The van der Waals surface area contributed by atoms with Gasteiger partial charge in [-0.1, -0.05) is 6.07 Å². The van der Waals surface area contributed by atoms with Gasteiger partial charge >= 0.3 is 0 Å². The van der Waals surface area contributed by atoms with Gasteiger partial charge in [0.25, 0.3) is 12.3 Å². The Labute approximate surface area is 186 Å². The highest BCUT2D eigenvalue weighted by molar-refractivity contribution is 5.93. The SMILES string of the molecule is Cc1cccc2cc([C@H]3c4nc[nH]c4CCN3C(=O)c3oc(C4(O)CC4)nc3C(F)F)nn12. The second-order valence-corrected chi connectivity index (χ2v) is 8.56. The number of nitrogens with zero attached hydrogens (tertiary/aromatic N) is 5. The van der Waals surface area contributed by atoms with Crippen molar-refractivity contribution in [2.24, 2.45) is 0 Å². The van der Waals surface area contributed by atoms with E-state index in [1.807, 2.05) is 31.2 Å². The van der Waals surface area contributed by atoms with Crippen LogP contribution >= 0.6 is 0 Å². The van der Waals surface area contributed by atoms with Crippen LogP contribution in [0.5, 0.6) is 0 Å². The van der Waals surface area contributed by atoms with E-state index < -0.39 is 35.4 Å². The second-order valence-electron chi connectivity index (χ2n) is 8.56. The van der Waals surface area contributed by atoms with E-state index in [0.717, 1.165) is 16.9 Å². The third-order valence-electron chi connectivity index (χ3n) is 6.34. The van der Waals surface area contributed by atoms with E-state index >= 15 is 0 Å². The maximum absolute atomic E-state index is 13.8. The number of hydrogen-bond acceptors (Lipinski definition) is 6. The van der Waals surface area contributed by atoms with E-state index in [2.05, 4.69) is 20.1 Å². The Bertz CT molecular complexity index is 1390. The summed E-state index contributed by atoms with van der Waals surface area (Å²) in [6.07, 6.45) is -0.294. The van der Waals surface area contributed by atoms with Gasteiger partial charge in [0.05, 0.1) is 23.2 Å². The number of aryl methyl sites for hydroxylation is 1. The molecule has 33 heavy (non-hydrogen) atoms. The number of carbonyl (C=O) groups excluding carboxylic acids is 1. The van der Waals surface area contributed by atoms with E-state index in [-0.39, 0.29) is 12.4 Å². The lowest BCUT2D eigenvalue weighted by Crippen LogP contribution is -2.41. The van der Waals surface area contributed by atoms with Gasteiger partial charge in [-0.25, -0.2) is 23.3 Å². The number of oxazole rings is 1. The van der Waals surface area contributed by atoms with Gasteiger partial charge < -0.3 is 19.4 Å². The fraction of sp³-hybridized carbons (Fsp3) is 0.364. The summed E-state index contributed by atoms with van der Waals surface area (Å²) in [5, 5.41) is 15.0. The molecule has 1 amide bonds. The number of alkyl halides is 2. The van der Waals surface area contributed by atoms with Crippen LogP contribution in [0.1, 0.15) is 70.2 Å². The first-order valence-corrected chi connectivity index (χ1v) is 10.7. The number of H-pyrrole nitrogens is 1. The summed E-state index contributed by atoms with van der Waals surface area (Å²) in [5.74, 6) is -1.52. The molecule has 11 heteroatoms. The summed E-state index contributed by atoms with van der Waals surface area (Å²) < 4.78 is 34.8. The first-order valence-electron chi connectivity index (χ1n) is 10.7. The molecule has 0 saturated heterocycles. The van der Waals surface area contributed by atoms with Crippen LogP contribution in [0.25, 0.3) is 5.52 Å². The quantitative estimate of drug-likeness (QED) is 0.490. The number of rotatable bonds is 4. The Morgan fingerprint density at radius 3 is 2.91 bits per heavy atom. The van der Waals surface area contributed by atoms with Gasteiger partial charge in [0.15, 0.2) is 5.69 Å². The van der Waals surface area contributed by atoms with Crippen molar-refractivity contribution in [2.75, 3.05) is 6.54 Å². The molecule has 0 spiro atoms. The third-order valence-corrected chi connectivity index (χ3v) is 6.34. The number of aromatic nitrogens is 5. The number of aliphatic hydroxyl groups is 1. The summed E-state index contributed by atoms with van der Waals surface area (Å²) in [6.45, 7) is 2.16. The van der Waals surface area contributed by atoms with E-state index in [1.165, 1.54) is 4.90 Å². The highest BCUT2D eigenvalue weighted by Gasteiger charge is 2.49. The van der Waals surface area contributed by atoms with Crippen molar-refractivity contribution in [3.05, 3.63) is 70.7 Å². The minimum Gasteiger partial charge on any atom is -0.432 e. The molecule has 6 rings (SSSR count). The average molecular weight is 454 g/mol. The largest absolute Gasteiger partial charge is 0.432 e. The topological polar surface area (TPSA) is 113 Å². The molecular weight excluding hydrogens is 434 g/mol. The lowest BCUT2D eigenvalue weighted by Gasteiger charge is -2.33. The molecule has 0 aromatic carbocycles. The van der Waals surface area contributed by atoms with Crippen molar-refractivity contribution >= 4 is 11.4 Å².